The lowest BCUT2D eigenvalue weighted by Crippen LogP contribution is -2.20. The van der Waals surface area contributed by atoms with Gasteiger partial charge in [0.2, 0.25) is 9.84 Å². The fraction of sp³-hybridized carbons (Fsp3) is 0.222. The van der Waals surface area contributed by atoms with Crippen molar-refractivity contribution in [2.75, 3.05) is 0 Å². The molecule has 1 rings (SSSR count). The van der Waals surface area contributed by atoms with Gasteiger partial charge in [-0.15, -0.1) is 0 Å². The van der Waals surface area contributed by atoms with E-state index in [9.17, 15) is 13.2 Å². The molecule has 0 spiro atoms. The van der Waals surface area contributed by atoms with Crippen molar-refractivity contribution in [2.24, 2.45) is 0 Å². The molecular formula is C9H8I2O3S. The molecule has 0 heterocycles. The Morgan fingerprint density at radius 1 is 1.27 bits per heavy atom. The highest BCUT2D eigenvalue weighted by Crippen LogP contribution is 2.23. The zero-order valence-corrected chi connectivity index (χ0v) is 12.9. The van der Waals surface area contributed by atoms with Crippen LogP contribution in [0.2, 0.25) is 0 Å². The molecule has 0 atom stereocenters. The first-order chi connectivity index (χ1) is 6.87. The summed E-state index contributed by atoms with van der Waals surface area (Å²) in [6.45, 7) is 1.72. The molecule has 0 aliphatic heterocycles. The van der Waals surface area contributed by atoms with Crippen LogP contribution in [0.25, 0.3) is 0 Å². The van der Waals surface area contributed by atoms with Crippen molar-refractivity contribution in [1.29, 1.82) is 0 Å². The number of aryl methyl sites for hydroxylation is 1. The van der Waals surface area contributed by atoms with Crippen LogP contribution in [0.3, 0.4) is 0 Å². The summed E-state index contributed by atoms with van der Waals surface area (Å²) in [4.78, 5) is 11.7. The number of carbonyl (C=O) groups is 1. The standard InChI is InChI=1S/C9H8I2O3S/c1-6-4-2-3-5-7(6)8(12)15(13,14)9(10)11/h2-5,9H,1H3. The molecule has 0 amide bonds. The van der Waals surface area contributed by atoms with E-state index in [-0.39, 0.29) is 5.56 Å². The molecule has 0 N–H and O–H groups in total. The fourth-order valence-electron chi connectivity index (χ4n) is 1.04. The molecule has 0 aromatic heterocycles. The molecule has 0 saturated heterocycles. The van der Waals surface area contributed by atoms with Gasteiger partial charge in [0.25, 0.3) is 5.12 Å². The third-order valence-electron chi connectivity index (χ3n) is 1.86. The van der Waals surface area contributed by atoms with Crippen molar-refractivity contribution in [3.05, 3.63) is 35.4 Å². The number of carbonyl (C=O) groups excluding carboxylic acids is 1. The predicted molar refractivity (Wildman–Crippen MR) is 76.3 cm³/mol. The molecule has 0 fully saturated rings. The normalized spacial score (nSPS) is 11.7. The molecule has 1 aromatic rings. The second kappa shape index (κ2) is 5.09. The summed E-state index contributed by atoms with van der Waals surface area (Å²) < 4.78 is 22.5. The third-order valence-corrected chi connectivity index (χ3v) is 7.08. The molecule has 1 aromatic carbocycles. The van der Waals surface area contributed by atoms with Crippen molar-refractivity contribution in [2.45, 2.75) is 8.19 Å². The van der Waals surface area contributed by atoms with Crippen molar-refractivity contribution in [3.8, 4) is 0 Å². The van der Waals surface area contributed by atoms with Gasteiger partial charge in [-0.3, -0.25) is 4.79 Å². The van der Waals surface area contributed by atoms with Gasteiger partial charge in [-0.25, -0.2) is 8.42 Å². The minimum absolute atomic E-state index is 0.260. The van der Waals surface area contributed by atoms with Crippen LogP contribution in [-0.4, -0.2) is 14.8 Å². The lowest BCUT2D eigenvalue weighted by Gasteiger charge is -2.06. The molecule has 82 valence electrons. The topological polar surface area (TPSA) is 51.2 Å². The third kappa shape index (κ3) is 2.90. The molecule has 0 saturated carbocycles. The number of rotatable bonds is 2. The maximum absolute atomic E-state index is 11.7. The summed E-state index contributed by atoms with van der Waals surface area (Å²) in [6, 6.07) is 6.68. The van der Waals surface area contributed by atoms with E-state index in [1.807, 2.05) is 0 Å². The van der Waals surface area contributed by atoms with Crippen LogP contribution in [0, 0.1) is 6.92 Å². The fourth-order valence-corrected chi connectivity index (χ4v) is 3.12. The monoisotopic (exact) mass is 450 g/mol. The summed E-state index contributed by atoms with van der Waals surface area (Å²) >= 11 is 3.43. The molecule has 6 heteroatoms. The van der Waals surface area contributed by atoms with Gasteiger partial charge in [-0.1, -0.05) is 69.4 Å². The van der Waals surface area contributed by atoms with Crippen molar-refractivity contribution >= 4 is 60.1 Å². The van der Waals surface area contributed by atoms with Gasteiger partial charge in [0, 0.05) is 5.56 Å². The number of hydrogen-bond acceptors (Lipinski definition) is 3. The molecule has 15 heavy (non-hydrogen) atoms. The van der Waals surface area contributed by atoms with Crippen LogP contribution in [0.15, 0.2) is 24.3 Å². The van der Waals surface area contributed by atoms with E-state index in [1.54, 1.807) is 70.3 Å². The van der Waals surface area contributed by atoms with Crippen LogP contribution < -0.4 is 0 Å². The van der Waals surface area contributed by atoms with E-state index in [0.29, 0.717) is 5.56 Å². The highest BCUT2D eigenvalue weighted by Gasteiger charge is 2.30. The van der Waals surface area contributed by atoms with Crippen LogP contribution in [-0.2, 0) is 9.84 Å². The smallest absolute Gasteiger partial charge is 0.276 e. The first kappa shape index (κ1) is 13.4. The summed E-state index contributed by atoms with van der Waals surface area (Å²) in [5, 5.41) is -0.797. The number of sulfone groups is 1. The average Bonchev–Trinajstić information content (AvgIpc) is 2.17. The SMILES string of the molecule is Cc1ccccc1C(=O)S(=O)(=O)C(I)I. The highest BCUT2D eigenvalue weighted by molar-refractivity contribution is 14.2. The zero-order chi connectivity index (χ0) is 11.6. The second-order valence-corrected chi connectivity index (χ2v) is 11.4. The molecule has 3 nitrogen and oxygen atoms in total. The summed E-state index contributed by atoms with van der Waals surface area (Å²) in [5.41, 5.74) is 0.940. The Bertz CT molecular complexity index is 480. The van der Waals surface area contributed by atoms with E-state index in [0.717, 1.165) is 0 Å². The Labute approximate surface area is 116 Å². The summed E-state index contributed by atoms with van der Waals surface area (Å²) in [7, 11) is -3.72. The quantitative estimate of drug-likeness (QED) is 0.515. The molecule has 0 unspecified atom stereocenters. The lowest BCUT2D eigenvalue weighted by atomic mass is 10.1. The van der Waals surface area contributed by atoms with E-state index in [1.165, 1.54) is 6.07 Å². The van der Waals surface area contributed by atoms with E-state index in [2.05, 4.69) is 0 Å². The summed E-state index contributed by atoms with van der Waals surface area (Å²) in [5.74, 6) is 0. The summed E-state index contributed by atoms with van der Waals surface area (Å²) in [6.07, 6.45) is 0. The molecule has 0 radical (unpaired) electrons. The maximum Gasteiger partial charge on any atom is 0.278 e. The van der Waals surface area contributed by atoms with Gasteiger partial charge in [-0.2, -0.15) is 0 Å². The molecular weight excluding hydrogens is 442 g/mol. The first-order valence-electron chi connectivity index (χ1n) is 3.99. The lowest BCUT2D eigenvalue weighted by molar-refractivity contribution is 0.107. The van der Waals surface area contributed by atoms with Gasteiger partial charge >= 0.3 is 0 Å². The largest absolute Gasteiger partial charge is 0.278 e. The second-order valence-electron chi connectivity index (χ2n) is 2.91. The minimum atomic E-state index is -3.72. The Kier molecular flexibility index (Phi) is 4.53. The van der Waals surface area contributed by atoms with Crippen LogP contribution in [0.5, 0.6) is 0 Å². The average molecular weight is 450 g/mol. The Hall–Kier alpha value is 0.300. The van der Waals surface area contributed by atoms with Gasteiger partial charge in [0.05, 0.1) is 0 Å². The highest BCUT2D eigenvalue weighted by atomic mass is 127. The minimum Gasteiger partial charge on any atom is -0.276 e. The Morgan fingerprint density at radius 2 is 1.80 bits per heavy atom. The van der Waals surface area contributed by atoms with Crippen LogP contribution in [0.1, 0.15) is 15.9 Å². The molecule has 0 bridgehead atoms. The number of alkyl halides is 2. The molecule has 0 aliphatic rings. The van der Waals surface area contributed by atoms with E-state index < -0.39 is 16.2 Å². The van der Waals surface area contributed by atoms with E-state index >= 15 is 0 Å². The number of hydrogen-bond donors (Lipinski definition) is 0. The molecule has 0 aliphatic carbocycles. The maximum atomic E-state index is 11.7. The van der Waals surface area contributed by atoms with Crippen LogP contribution in [0.4, 0.5) is 0 Å². The van der Waals surface area contributed by atoms with Crippen molar-refractivity contribution in [3.63, 3.8) is 0 Å². The van der Waals surface area contributed by atoms with Gasteiger partial charge in [0.1, 0.15) is 0 Å². The van der Waals surface area contributed by atoms with Gasteiger partial charge in [0.15, 0.2) is 1.26 Å². The van der Waals surface area contributed by atoms with Crippen LogP contribution >= 0.6 is 45.2 Å². The Balaban J connectivity index is 3.23. The predicted octanol–water partition coefficient (Wildman–Crippen LogP) is 2.70. The number of halogens is 2. The van der Waals surface area contributed by atoms with Gasteiger partial charge < -0.3 is 0 Å². The number of benzene rings is 1. The van der Waals surface area contributed by atoms with Crippen molar-refractivity contribution < 1.29 is 13.2 Å². The van der Waals surface area contributed by atoms with Crippen molar-refractivity contribution in [1.82, 2.24) is 0 Å². The van der Waals surface area contributed by atoms with Gasteiger partial charge in [-0.05, 0) is 12.5 Å². The first-order valence-corrected chi connectivity index (χ1v) is 8.03. The Morgan fingerprint density at radius 3 is 2.27 bits per heavy atom. The van der Waals surface area contributed by atoms with E-state index in [4.69, 9.17) is 0 Å². The zero-order valence-electron chi connectivity index (χ0n) is 7.78.